The van der Waals surface area contributed by atoms with Gasteiger partial charge in [0.1, 0.15) is 11.2 Å². The number of benzene rings is 2. The molecule has 6 nitrogen and oxygen atoms in total. The van der Waals surface area contributed by atoms with Crippen molar-refractivity contribution in [2.24, 2.45) is 5.92 Å². The first-order valence-electron chi connectivity index (χ1n) is 10.2. The lowest BCUT2D eigenvalue weighted by Gasteiger charge is -2.31. The highest BCUT2D eigenvalue weighted by Crippen LogP contribution is 2.23. The summed E-state index contributed by atoms with van der Waals surface area (Å²) in [7, 11) is 0. The second-order valence-electron chi connectivity index (χ2n) is 7.74. The van der Waals surface area contributed by atoms with Gasteiger partial charge in [-0.1, -0.05) is 36.4 Å². The summed E-state index contributed by atoms with van der Waals surface area (Å²) in [5.41, 5.74) is 1.43. The summed E-state index contributed by atoms with van der Waals surface area (Å²) in [5, 5.41) is 4.82. The second-order valence-corrected chi connectivity index (χ2v) is 7.74. The summed E-state index contributed by atoms with van der Waals surface area (Å²) >= 11 is 0. The number of carbonyl (C=O) groups is 2. The molecule has 1 fully saturated rings. The van der Waals surface area contributed by atoms with Crippen LogP contribution in [0.15, 0.2) is 69.5 Å². The van der Waals surface area contributed by atoms with Crippen molar-refractivity contribution in [3.8, 4) is 0 Å². The van der Waals surface area contributed by atoms with Crippen LogP contribution in [0.4, 0.5) is 0 Å². The van der Waals surface area contributed by atoms with Crippen LogP contribution in [0, 0.1) is 5.92 Å². The maximum Gasteiger partial charge on any atom is 0.289 e. The van der Waals surface area contributed by atoms with E-state index >= 15 is 0 Å². The monoisotopic (exact) mass is 402 g/mol. The molecule has 0 bridgehead atoms. The van der Waals surface area contributed by atoms with Crippen molar-refractivity contribution in [2.45, 2.75) is 12.8 Å². The number of hydrogen-bond donors (Lipinski definition) is 1. The molecule has 2 aromatic carbocycles. The van der Waals surface area contributed by atoms with Gasteiger partial charge in [-0.2, -0.15) is 0 Å². The Balaban J connectivity index is 1.15. The van der Waals surface area contributed by atoms with Crippen LogP contribution >= 0.6 is 0 Å². The number of fused-ring (bicyclic) bond motifs is 2. The molecule has 2 aromatic heterocycles. The summed E-state index contributed by atoms with van der Waals surface area (Å²) in [5.74, 6) is 0.766. The average Bonchev–Trinajstić information content (AvgIpc) is 3.41. The molecular weight excluding hydrogens is 380 g/mol. The quantitative estimate of drug-likeness (QED) is 0.547. The van der Waals surface area contributed by atoms with Crippen molar-refractivity contribution in [2.75, 3.05) is 19.6 Å². The molecule has 0 aliphatic carbocycles. The number of nitrogens with zero attached hydrogens (tertiary/aromatic N) is 1. The highest BCUT2D eigenvalue weighted by molar-refractivity contribution is 5.96. The van der Waals surface area contributed by atoms with Gasteiger partial charge >= 0.3 is 0 Å². The summed E-state index contributed by atoms with van der Waals surface area (Å²) in [6, 6.07) is 18.8. The molecule has 0 atom stereocenters. The number of carbonyl (C=O) groups excluding carboxylic acids is 2. The minimum Gasteiger partial charge on any atom is -0.451 e. The molecule has 2 amide bonds. The molecule has 6 heteroatoms. The van der Waals surface area contributed by atoms with Crippen molar-refractivity contribution in [3.63, 3.8) is 0 Å². The number of likely N-dealkylation sites (tertiary alicyclic amines) is 1. The lowest BCUT2D eigenvalue weighted by atomic mass is 9.96. The number of amides is 2. The molecule has 1 aliphatic rings. The first-order chi connectivity index (χ1) is 14.7. The van der Waals surface area contributed by atoms with Gasteiger partial charge in [0, 0.05) is 30.4 Å². The maximum absolute atomic E-state index is 12.8. The van der Waals surface area contributed by atoms with E-state index in [1.165, 1.54) is 0 Å². The van der Waals surface area contributed by atoms with Gasteiger partial charge in [-0.15, -0.1) is 0 Å². The average molecular weight is 402 g/mol. The van der Waals surface area contributed by atoms with Crippen LogP contribution in [0.1, 0.15) is 34.0 Å². The molecule has 0 spiro atoms. The van der Waals surface area contributed by atoms with Gasteiger partial charge in [-0.25, -0.2) is 0 Å². The smallest absolute Gasteiger partial charge is 0.289 e. The summed E-state index contributed by atoms with van der Waals surface area (Å²) in [6.07, 6.45) is 1.68. The molecule has 0 saturated carbocycles. The van der Waals surface area contributed by atoms with E-state index in [2.05, 4.69) is 5.32 Å². The van der Waals surface area contributed by atoms with Gasteiger partial charge in [-0.3, -0.25) is 9.59 Å². The van der Waals surface area contributed by atoms with Crippen molar-refractivity contribution in [3.05, 3.63) is 72.2 Å². The molecule has 0 unspecified atom stereocenters. The maximum atomic E-state index is 12.8. The van der Waals surface area contributed by atoms with E-state index in [9.17, 15) is 9.59 Å². The Morgan fingerprint density at radius 2 is 1.43 bits per heavy atom. The standard InChI is InChI=1S/C24H22N2O4/c27-23(21-13-17-5-1-3-7-19(17)29-21)25-15-16-9-11-26(12-10-16)24(28)22-14-18-6-2-4-8-20(18)30-22/h1-8,13-14,16H,9-12,15H2,(H,25,27). The zero-order valence-electron chi connectivity index (χ0n) is 16.5. The first kappa shape index (κ1) is 18.5. The van der Waals surface area contributed by atoms with Crippen LogP contribution in [-0.4, -0.2) is 36.3 Å². The summed E-state index contributed by atoms with van der Waals surface area (Å²) < 4.78 is 11.3. The van der Waals surface area contributed by atoms with E-state index in [0.29, 0.717) is 42.7 Å². The molecule has 5 rings (SSSR count). The minimum atomic E-state index is -0.202. The van der Waals surface area contributed by atoms with Crippen LogP contribution in [0.25, 0.3) is 21.9 Å². The normalized spacial score (nSPS) is 15.0. The van der Waals surface area contributed by atoms with Crippen LogP contribution in [0.2, 0.25) is 0 Å². The van der Waals surface area contributed by atoms with Gasteiger partial charge < -0.3 is 19.1 Å². The third-order valence-electron chi connectivity index (χ3n) is 5.74. The number of hydrogen-bond acceptors (Lipinski definition) is 4. The van der Waals surface area contributed by atoms with Gasteiger partial charge in [0.2, 0.25) is 0 Å². The topological polar surface area (TPSA) is 75.7 Å². The Kier molecular flexibility index (Phi) is 4.75. The minimum absolute atomic E-state index is 0.0732. The van der Waals surface area contributed by atoms with E-state index in [0.717, 1.165) is 29.2 Å². The van der Waals surface area contributed by atoms with E-state index in [1.54, 1.807) is 12.1 Å². The number of rotatable bonds is 4. The number of nitrogens with one attached hydrogen (secondary N) is 1. The Morgan fingerprint density at radius 3 is 2.07 bits per heavy atom. The van der Waals surface area contributed by atoms with Crippen LogP contribution in [0.3, 0.4) is 0 Å². The zero-order chi connectivity index (χ0) is 20.5. The van der Waals surface area contributed by atoms with Crippen molar-refractivity contribution < 1.29 is 18.4 Å². The lowest BCUT2D eigenvalue weighted by molar-refractivity contribution is 0.0655. The molecule has 0 radical (unpaired) electrons. The zero-order valence-corrected chi connectivity index (χ0v) is 16.5. The van der Waals surface area contributed by atoms with Crippen LogP contribution < -0.4 is 5.32 Å². The Morgan fingerprint density at radius 1 is 0.867 bits per heavy atom. The fourth-order valence-corrected chi connectivity index (χ4v) is 4.00. The van der Waals surface area contributed by atoms with Gasteiger partial charge in [-0.05, 0) is 43.0 Å². The lowest BCUT2D eigenvalue weighted by Crippen LogP contribution is -2.41. The van der Waals surface area contributed by atoms with Crippen LogP contribution in [0.5, 0.6) is 0 Å². The molecule has 30 heavy (non-hydrogen) atoms. The van der Waals surface area contributed by atoms with Gasteiger partial charge in [0.15, 0.2) is 11.5 Å². The SMILES string of the molecule is O=C(NCC1CCN(C(=O)c2cc3ccccc3o2)CC1)c1cc2ccccc2o1. The van der Waals surface area contributed by atoms with E-state index in [1.807, 2.05) is 53.4 Å². The molecule has 152 valence electrons. The van der Waals surface area contributed by atoms with Crippen molar-refractivity contribution >= 4 is 33.8 Å². The number of para-hydroxylation sites is 2. The predicted molar refractivity (Wildman–Crippen MR) is 113 cm³/mol. The highest BCUT2D eigenvalue weighted by Gasteiger charge is 2.26. The third kappa shape index (κ3) is 3.56. The Hall–Kier alpha value is -3.54. The summed E-state index contributed by atoms with van der Waals surface area (Å²) in [4.78, 5) is 27.0. The van der Waals surface area contributed by atoms with E-state index in [4.69, 9.17) is 8.83 Å². The molecular formula is C24H22N2O4. The fraction of sp³-hybridized carbons (Fsp3) is 0.250. The first-order valence-corrected chi connectivity index (χ1v) is 10.2. The second kappa shape index (κ2) is 7.71. The van der Waals surface area contributed by atoms with Crippen molar-refractivity contribution in [1.29, 1.82) is 0 Å². The number of furan rings is 2. The number of piperidine rings is 1. The van der Waals surface area contributed by atoms with Crippen molar-refractivity contribution in [1.82, 2.24) is 10.2 Å². The van der Waals surface area contributed by atoms with Crippen LogP contribution in [-0.2, 0) is 0 Å². The molecule has 1 aliphatic heterocycles. The molecule has 4 aromatic rings. The largest absolute Gasteiger partial charge is 0.451 e. The Bertz CT molecular complexity index is 1150. The molecule has 3 heterocycles. The fourth-order valence-electron chi connectivity index (χ4n) is 4.00. The third-order valence-corrected chi connectivity index (χ3v) is 5.74. The molecule has 1 N–H and O–H groups in total. The van der Waals surface area contributed by atoms with E-state index in [-0.39, 0.29) is 11.8 Å². The predicted octanol–water partition coefficient (Wildman–Crippen LogP) is 4.46. The van der Waals surface area contributed by atoms with E-state index < -0.39 is 0 Å². The summed E-state index contributed by atoms with van der Waals surface area (Å²) in [6.45, 7) is 1.88. The Labute approximate surface area is 173 Å². The van der Waals surface area contributed by atoms with Gasteiger partial charge in [0.25, 0.3) is 11.8 Å². The molecule has 1 saturated heterocycles. The van der Waals surface area contributed by atoms with Gasteiger partial charge in [0.05, 0.1) is 0 Å². The highest BCUT2D eigenvalue weighted by atomic mass is 16.4.